The molecule has 8 nitrogen and oxygen atoms in total. The minimum Gasteiger partial charge on any atom is -0.457 e. The van der Waals surface area contributed by atoms with Gasteiger partial charge >= 0.3 is 0 Å². The Kier molecular flexibility index (Phi) is 12.3. The minimum atomic E-state index is 0.175. The quantitative estimate of drug-likeness (QED) is 0.121. The van der Waals surface area contributed by atoms with E-state index in [-0.39, 0.29) is 23.7 Å². The van der Waals surface area contributed by atoms with Gasteiger partial charge in [-0.15, -0.1) is 0 Å². The summed E-state index contributed by atoms with van der Waals surface area (Å²) in [5, 5.41) is 3.62. The number of para-hydroxylation sites is 4. The van der Waals surface area contributed by atoms with E-state index in [2.05, 4.69) is 245 Å². The highest BCUT2D eigenvalue weighted by Crippen LogP contribution is 2.48. The number of aromatic nitrogens is 5. The van der Waals surface area contributed by atoms with Gasteiger partial charge in [-0.2, -0.15) is 0 Å². The van der Waals surface area contributed by atoms with E-state index in [4.69, 9.17) is 23.5 Å². The third-order valence-electron chi connectivity index (χ3n) is 16.3. The maximum absolute atomic E-state index is 7.28. The fraction of sp³-hybridized carbons (Fsp3) is 0.176. The van der Waals surface area contributed by atoms with E-state index < -0.39 is 0 Å². The Morgan fingerprint density at radius 1 is 0.402 bits per heavy atom. The Morgan fingerprint density at radius 2 is 0.915 bits per heavy atom. The third kappa shape index (κ3) is 8.46. The van der Waals surface area contributed by atoms with Crippen LogP contribution in [-0.2, 0) is 0 Å². The number of benzene rings is 9. The fourth-order valence-electron chi connectivity index (χ4n) is 12.3. The Hall–Kier alpha value is -9.53. The number of hydrogen-bond acceptors (Lipinski definition) is 6. The van der Waals surface area contributed by atoms with Crippen molar-refractivity contribution in [3.05, 3.63) is 222 Å². The molecule has 14 rings (SSSR count). The van der Waals surface area contributed by atoms with E-state index in [0.717, 1.165) is 88.9 Å². The molecule has 0 atom stereocenters. The van der Waals surface area contributed by atoms with E-state index in [1.165, 1.54) is 50.2 Å². The number of ether oxygens (including phenoxy) is 1. The van der Waals surface area contributed by atoms with Crippen LogP contribution in [-0.4, -0.2) is 24.1 Å². The average molecular weight is 1070 g/mol. The zero-order valence-corrected chi connectivity index (χ0v) is 47.7. The highest BCUT2D eigenvalue weighted by Gasteiger charge is 2.29. The van der Waals surface area contributed by atoms with E-state index in [1.54, 1.807) is 0 Å². The van der Waals surface area contributed by atoms with Crippen molar-refractivity contribution < 1.29 is 13.6 Å². The van der Waals surface area contributed by atoms with Crippen molar-refractivity contribution in [2.24, 2.45) is 0 Å². The number of aryl methyl sites for hydroxylation is 1. The zero-order chi connectivity index (χ0) is 56.1. The number of hydrogen-bond donors (Lipinski definition) is 0. The van der Waals surface area contributed by atoms with Gasteiger partial charge in [0.25, 0.3) is 0 Å². The topological polar surface area (TPSA) is 84.0 Å². The molecule has 0 unspecified atom stereocenters. The van der Waals surface area contributed by atoms with Crippen LogP contribution in [0.1, 0.15) is 107 Å². The lowest BCUT2D eigenvalue weighted by Crippen LogP contribution is -2.09. The second kappa shape index (κ2) is 19.9. The first-order valence-electron chi connectivity index (χ1n) is 28.8. The van der Waals surface area contributed by atoms with Crippen molar-refractivity contribution in [1.29, 1.82) is 0 Å². The lowest BCUT2D eigenvalue weighted by molar-refractivity contribution is 0.483. The maximum atomic E-state index is 7.28. The zero-order valence-electron chi connectivity index (χ0n) is 47.7. The van der Waals surface area contributed by atoms with Crippen LogP contribution in [0.4, 0.5) is 0 Å². The second-order valence-electron chi connectivity index (χ2n) is 23.2. The van der Waals surface area contributed by atoms with Gasteiger partial charge in [0.1, 0.15) is 45.5 Å². The van der Waals surface area contributed by atoms with Crippen molar-refractivity contribution in [3.63, 3.8) is 0 Å². The van der Waals surface area contributed by atoms with Crippen LogP contribution >= 0.6 is 0 Å². The van der Waals surface area contributed by atoms with Crippen LogP contribution in [0.15, 0.2) is 203 Å². The van der Waals surface area contributed by atoms with Crippen LogP contribution in [0.5, 0.6) is 11.5 Å². The fourth-order valence-corrected chi connectivity index (χ4v) is 12.3. The molecule has 0 aliphatic heterocycles. The van der Waals surface area contributed by atoms with Crippen molar-refractivity contribution >= 4 is 65.9 Å². The molecule has 0 spiro atoms. The SMILES string of the molecule is Cc1cc2oc3c(ccc4oc5c(-c6nc7ccccc7n6-c6c(C(C)C)cc(-c7ccccc7)cc6C(C)C)cc(Oc6cccc(-c7nc8ccccc8n7-c7c(C(C)C)cc(-c8ccccc8)cc7C(C)C)c6)cc5c43)c2cn1. The first-order chi connectivity index (χ1) is 39.9. The molecular weight excluding hydrogens is 1010 g/mol. The first kappa shape index (κ1) is 50.7. The van der Waals surface area contributed by atoms with Crippen LogP contribution in [0.25, 0.3) is 122 Å². The second-order valence-corrected chi connectivity index (χ2v) is 23.2. The summed E-state index contributed by atoms with van der Waals surface area (Å²) in [6.45, 7) is 20.3. The average Bonchev–Trinajstić information content (AvgIpc) is 2.24. The van der Waals surface area contributed by atoms with E-state index in [0.29, 0.717) is 22.7 Å². The van der Waals surface area contributed by atoms with Crippen molar-refractivity contribution in [2.45, 2.75) is 86.0 Å². The summed E-state index contributed by atoms with van der Waals surface area (Å²) in [6, 6.07) is 66.6. The predicted octanol–water partition coefficient (Wildman–Crippen LogP) is 20.8. The molecule has 5 heterocycles. The van der Waals surface area contributed by atoms with Gasteiger partial charge in [-0.25, -0.2) is 9.97 Å². The molecule has 0 N–H and O–H groups in total. The molecule has 0 fully saturated rings. The number of nitrogens with zero attached hydrogens (tertiary/aromatic N) is 5. The monoisotopic (exact) mass is 1070 g/mol. The summed E-state index contributed by atoms with van der Waals surface area (Å²) in [5.74, 6) is 3.66. The summed E-state index contributed by atoms with van der Waals surface area (Å²) >= 11 is 0. The molecule has 82 heavy (non-hydrogen) atoms. The van der Waals surface area contributed by atoms with Gasteiger partial charge in [-0.3, -0.25) is 14.1 Å². The standard InChI is InChI=1S/C74H63N5O3/c1-42(2)55-35-50(47-21-12-10-13-22-47)36-56(43(3)4)69(55)78-64-29-18-16-27-62(64)76-73(78)49-25-20-26-52(34-49)80-53-39-59-68-66(32-31-54-61-41-75-46(9)33-67(61)82-72(54)68)81-71(59)60(40-53)74-77-63-28-17-19-30-65(63)79(74)70-57(44(5)6)37-51(38-58(70)45(7)8)48-23-14-11-15-24-48/h10-45H,1-9H3. The van der Waals surface area contributed by atoms with Gasteiger partial charge in [0.2, 0.25) is 0 Å². The molecule has 0 saturated heterocycles. The lowest BCUT2D eigenvalue weighted by Gasteiger charge is -2.24. The molecule has 8 heteroatoms. The van der Waals surface area contributed by atoms with Crippen LogP contribution < -0.4 is 4.74 Å². The highest BCUT2D eigenvalue weighted by molar-refractivity contribution is 6.23. The molecule has 0 saturated carbocycles. The Morgan fingerprint density at radius 3 is 1.49 bits per heavy atom. The normalized spacial score (nSPS) is 12.2. The van der Waals surface area contributed by atoms with Gasteiger partial charge in [0.05, 0.1) is 44.4 Å². The summed E-state index contributed by atoms with van der Waals surface area (Å²) in [7, 11) is 0. The number of rotatable bonds is 12. The summed E-state index contributed by atoms with van der Waals surface area (Å²) in [6.07, 6.45) is 1.91. The number of imidazole rings is 2. The minimum absolute atomic E-state index is 0.175. The molecule has 0 aliphatic carbocycles. The van der Waals surface area contributed by atoms with Crippen molar-refractivity contribution in [3.8, 4) is 67.9 Å². The molecule has 0 bridgehead atoms. The van der Waals surface area contributed by atoms with Crippen molar-refractivity contribution in [1.82, 2.24) is 24.1 Å². The molecule has 9 aromatic carbocycles. The molecule has 5 aromatic heterocycles. The van der Waals surface area contributed by atoms with Gasteiger partial charge in [-0.1, -0.05) is 152 Å². The van der Waals surface area contributed by atoms with Gasteiger partial charge < -0.3 is 13.6 Å². The molecular formula is C74H63N5O3. The predicted molar refractivity (Wildman–Crippen MR) is 337 cm³/mol. The van der Waals surface area contributed by atoms with Gasteiger partial charge in [-0.05, 0) is 160 Å². The highest BCUT2D eigenvalue weighted by atomic mass is 16.5. The van der Waals surface area contributed by atoms with Crippen molar-refractivity contribution in [2.75, 3.05) is 0 Å². The van der Waals surface area contributed by atoms with Gasteiger partial charge in [0.15, 0.2) is 0 Å². The lowest BCUT2D eigenvalue weighted by atomic mass is 9.88. The number of fused-ring (bicyclic) bond motifs is 9. The summed E-state index contributed by atoms with van der Waals surface area (Å²) < 4.78 is 26.0. The molecule has 0 aliphatic rings. The third-order valence-corrected chi connectivity index (χ3v) is 16.3. The Balaban J connectivity index is 0.997. The van der Waals surface area contributed by atoms with E-state index >= 15 is 0 Å². The Labute approximate surface area is 477 Å². The summed E-state index contributed by atoms with van der Waals surface area (Å²) in [4.78, 5) is 15.7. The molecule has 0 radical (unpaired) electrons. The number of furan rings is 2. The Bertz CT molecular complexity index is 4740. The van der Waals surface area contributed by atoms with Crippen LogP contribution in [0.2, 0.25) is 0 Å². The van der Waals surface area contributed by atoms with E-state index in [9.17, 15) is 0 Å². The van der Waals surface area contributed by atoms with Crippen LogP contribution in [0.3, 0.4) is 0 Å². The van der Waals surface area contributed by atoms with Gasteiger partial charge in [0, 0.05) is 39.7 Å². The maximum Gasteiger partial charge on any atom is 0.149 e. The molecule has 0 amide bonds. The molecule has 14 aromatic rings. The summed E-state index contributed by atoms with van der Waals surface area (Å²) in [5.41, 5.74) is 21.4. The molecule has 402 valence electrons. The largest absolute Gasteiger partial charge is 0.457 e. The van der Waals surface area contributed by atoms with E-state index in [1.807, 2.05) is 25.3 Å². The first-order valence-corrected chi connectivity index (χ1v) is 28.8. The smallest absolute Gasteiger partial charge is 0.149 e. The van der Waals surface area contributed by atoms with Crippen LogP contribution in [0, 0.1) is 6.92 Å². The number of pyridine rings is 1.